The van der Waals surface area contributed by atoms with Crippen LogP contribution in [0.4, 0.5) is 5.69 Å². The van der Waals surface area contributed by atoms with Gasteiger partial charge in [-0.15, -0.1) is 0 Å². The van der Waals surface area contributed by atoms with E-state index in [1.54, 1.807) is 40.0 Å². The van der Waals surface area contributed by atoms with E-state index in [1.165, 1.54) is 12.4 Å². The van der Waals surface area contributed by atoms with E-state index in [0.717, 1.165) is 27.8 Å². The van der Waals surface area contributed by atoms with Gasteiger partial charge in [-0.3, -0.25) is 14.6 Å². The zero-order valence-electron chi connectivity index (χ0n) is 22.2. The summed E-state index contributed by atoms with van der Waals surface area (Å²) in [6, 6.07) is 19.0. The van der Waals surface area contributed by atoms with E-state index < -0.39 is 5.41 Å². The van der Waals surface area contributed by atoms with Crippen molar-refractivity contribution >= 4 is 29.3 Å². The summed E-state index contributed by atoms with van der Waals surface area (Å²) in [5, 5.41) is 18.7. The third kappa shape index (κ3) is 6.51. The lowest BCUT2D eigenvalue weighted by Gasteiger charge is -2.15. The predicted octanol–water partition coefficient (Wildman–Crippen LogP) is 4.82. The second-order valence-electron chi connectivity index (χ2n) is 9.53. The number of nitrogens with one attached hydrogen (secondary N) is 2. The van der Waals surface area contributed by atoms with Crippen LogP contribution >= 0.6 is 0 Å². The van der Waals surface area contributed by atoms with Crippen LogP contribution in [0.2, 0.25) is 0 Å². The highest BCUT2D eigenvalue weighted by Crippen LogP contribution is 2.30. The Labute approximate surface area is 223 Å². The number of nitriles is 1. The Bertz CT molecular complexity index is 1450. The molecule has 8 heteroatoms. The second kappa shape index (κ2) is 12.0. The number of nitrogens with zero attached hydrogens (tertiary/aromatic N) is 3. The highest BCUT2D eigenvalue weighted by molar-refractivity contribution is 6.11. The number of anilines is 1. The molecule has 0 spiro atoms. The van der Waals surface area contributed by atoms with Crippen LogP contribution in [0.15, 0.2) is 72.0 Å². The molecule has 0 aliphatic carbocycles. The number of benzene rings is 2. The molecule has 3 rings (SSSR count). The summed E-state index contributed by atoms with van der Waals surface area (Å²) in [4.78, 5) is 29.3. The Balaban J connectivity index is 1.93. The number of allylic oxidation sites excluding steroid dienone is 1. The second-order valence-corrected chi connectivity index (χ2v) is 9.53. The van der Waals surface area contributed by atoms with Crippen molar-refractivity contribution in [2.75, 3.05) is 12.4 Å². The Hall–Kier alpha value is -4.77. The molecular weight excluding hydrogens is 476 g/mol. The predicted molar refractivity (Wildman–Crippen MR) is 151 cm³/mol. The normalized spacial score (nSPS) is 12.6. The van der Waals surface area contributed by atoms with Crippen molar-refractivity contribution in [2.45, 2.75) is 33.1 Å². The Morgan fingerprint density at radius 2 is 1.89 bits per heavy atom. The summed E-state index contributed by atoms with van der Waals surface area (Å²) >= 11 is 0. The van der Waals surface area contributed by atoms with Gasteiger partial charge in [0.1, 0.15) is 0 Å². The lowest BCUT2D eigenvalue weighted by atomic mass is 9.90. The van der Waals surface area contributed by atoms with Gasteiger partial charge in [0.15, 0.2) is 0 Å². The lowest BCUT2D eigenvalue weighted by Crippen LogP contribution is -2.24. The van der Waals surface area contributed by atoms with E-state index >= 15 is 0 Å². The largest absolute Gasteiger partial charge is 0.359 e. The van der Waals surface area contributed by atoms with Gasteiger partial charge < -0.3 is 16.5 Å². The van der Waals surface area contributed by atoms with Gasteiger partial charge in [-0.25, -0.2) is 0 Å². The van der Waals surface area contributed by atoms with E-state index in [2.05, 4.69) is 26.8 Å². The van der Waals surface area contributed by atoms with Crippen molar-refractivity contribution in [3.05, 3.63) is 89.3 Å². The highest BCUT2D eigenvalue weighted by atomic mass is 16.2. The number of hydrogen-bond acceptors (Lipinski definition) is 6. The van der Waals surface area contributed by atoms with Gasteiger partial charge in [0.05, 0.1) is 29.3 Å². The molecule has 1 aromatic heterocycles. The van der Waals surface area contributed by atoms with Gasteiger partial charge in [-0.05, 0) is 78.9 Å². The highest BCUT2D eigenvalue weighted by Gasteiger charge is 2.22. The standard InChI is InChI=1S/C30H32N6O2/c1-19-9-10-25(36-29(38)23-11-12-34-27(15-23)30(3,4)18-31)16-26(19)22-8-6-7-21(14-22)24(17-35-32)13-20(2)28(37)33-5/h6-17,20H,32H2,1-5H3,(H,33,37)(H,36,38)/b24-13+,35-17-. The Kier molecular flexibility index (Phi) is 8.77. The quantitative estimate of drug-likeness (QED) is 0.228. The molecule has 0 aliphatic heterocycles. The lowest BCUT2D eigenvalue weighted by molar-refractivity contribution is -0.122. The Morgan fingerprint density at radius 1 is 1.13 bits per heavy atom. The van der Waals surface area contributed by atoms with Crippen LogP contribution < -0.4 is 16.5 Å². The molecule has 194 valence electrons. The maximum absolute atomic E-state index is 13.0. The number of hydrazone groups is 1. The maximum atomic E-state index is 13.0. The Morgan fingerprint density at radius 3 is 2.58 bits per heavy atom. The number of carbonyl (C=O) groups is 2. The van der Waals surface area contributed by atoms with Crippen molar-refractivity contribution in [1.29, 1.82) is 5.26 Å². The van der Waals surface area contributed by atoms with E-state index in [1.807, 2.05) is 55.5 Å². The average molecular weight is 509 g/mol. The van der Waals surface area contributed by atoms with E-state index in [9.17, 15) is 14.9 Å². The molecule has 3 aromatic rings. The van der Waals surface area contributed by atoms with E-state index in [0.29, 0.717) is 16.9 Å². The first-order chi connectivity index (χ1) is 18.1. The fourth-order valence-corrected chi connectivity index (χ4v) is 3.92. The third-order valence-electron chi connectivity index (χ3n) is 6.25. The summed E-state index contributed by atoms with van der Waals surface area (Å²) in [6.45, 7) is 7.32. The van der Waals surface area contributed by atoms with E-state index in [4.69, 9.17) is 5.84 Å². The van der Waals surface area contributed by atoms with Crippen molar-refractivity contribution in [3.63, 3.8) is 0 Å². The number of nitrogens with two attached hydrogens (primary N) is 1. The van der Waals surface area contributed by atoms with Crippen molar-refractivity contribution in [3.8, 4) is 17.2 Å². The number of aryl methyl sites for hydroxylation is 1. The van der Waals surface area contributed by atoms with Crippen LogP contribution in [0.25, 0.3) is 16.7 Å². The summed E-state index contributed by atoms with van der Waals surface area (Å²) < 4.78 is 0. The summed E-state index contributed by atoms with van der Waals surface area (Å²) in [5.74, 6) is 4.67. The van der Waals surface area contributed by atoms with Gasteiger partial charge in [0.25, 0.3) is 5.91 Å². The smallest absolute Gasteiger partial charge is 0.255 e. The number of carbonyl (C=O) groups excluding carboxylic acids is 2. The number of rotatable bonds is 8. The minimum Gasteiger partial charge on any atom is -0.359 e. The molecule has 0 saturated carbocycles. The van der Waals surface area contributed by atoms with Crippen LogP contribution in [0, 0.1) is 24.2 Å². The molecule has 0 saturated heterocycles. The number of amides is 2. The molecule has 0 aliphatic rings. The molecular formula is C30H32N6O2. The first kappa shape index (κ1) is 27.8. The van der Waals surface area contributed by atoms with Gasteiger partial charge in [0.2, 0.25) is 5.91 Å². The van der Waals surface area contributed by atoms with Crippen molar-refractivity contribution in [1.82, 2.24) is 10.3 Å². The topological polar surface area (TPSA) is 133 Å². The maximum Gasteiger partial charge on any atom is 0.255 e. The first-order valence-corrected chi connectivity index (χ1v) is 12.2. The van der Waals surface area contributed by atoms with Gasteiger partial charge in [-0.1, -0.05) is 37.3 Å². The van der Waals surface area contributed by atoms with Crippen LogP contribution in [0.3, 0.4) is 0 Å². The molecule has 2 amide bonds. The molecule has 8 nitrogen and oxygen atoms in total. The van der Waals surface area contributed by atoms with Gasteiger partial charge in [-0.2, -0.15) is 10.4 Å². The van der Waals surface area contributed by atoms with Gasteiger partial charge >= 0.3 is 0 Å². The molecule has 0 bridgehead atoms. The molecule has 1 unspecified atom stereocenters. The summed E-state index contributed by atoms with van der Waals surface area (Å²) in [5.41, 5.74) is 5.25. The molecule has 38 heavy (non-hydrogen) atoms. The minimum atomic E-state index is -0.807. The summed E-state index contributed by atoms with van der Waals surface area (Å²) in [6.07, 6.45) is 4.88. The number of pyridine rings is 1. The monoisotopic (exact) mass is 508 g/mol. The molecule has 1 atom stereocenters. The SMILES string of the molecule is CNC(=O)C(C)/C=C(\C=N/N)c1cccc(-c2cc(NC(=O)c3ccnc(C(C)(C)C#N)c3)ccc2C)c1. The average Bonchev–Trinajstić information content (AvgIpc) is 2.93. The van der Waals surface area contributed by atoms with Gasteiger partial charge in [0, 0.05) is 24.5 Å². The number of hydrogen-bond donors (Lipinski definition) is 3. The third-order valence-corrected chi connectivity index (χ3v) is 6.25. The molecule has 2 aromatic carbocycles. The fraction of sp³-hybridized carbons (Fsp3) is 0.233. The van der Waals surface area contributed by atoms with Crippen LogP contribution in [0.1, 0.15) is 48.0 Å². The zero-order chi connectivity index (χ0) is 27.9. The summed E-state index contributed by atoms with van der Waals surface area (Å²) in [7, 11) is 1.60. The zero-order valence-corrected chi connectivity index (χ0v) is 22.2. The fourth-order valence-electron chi connectivity index (χ4n) is 3.92. The minimum absolute atomic E-state index is 0.110. The first-order valence-electron chi connectivity index (χ1n) is 12.2. The van der Waals surface area contributed by atoms with Crippen LogP contribution in [-0.4, -0.2) is 30.1 Å². The molecule has 0 fully saturated rings. The van der Waals surface area contributed by atoms with E-state index in [-0.39, 0.29) is 17.7 Å². The van der Waals surface area contributed by atoms with Crippen molar-refractivity contribution < 1.29 is 9.59 Å². The van der Waals surface area contributed by atoms with Crippen LogP contribution in [-0.2, 0) is 10.2 Å². The van der Waals surface area contributed by atoms with Crippen molar-refractivity contribution in [2.24, 2.45) is 16.9 Å². The van der Waals surface area contributed by atoms with Crippen LogP contribution in [0.5, 0.6) is 0 Å². The molecule has 0 radical (unpaired) electrons. The molecule has 4 N–H and O–H groups in total. The molecule has 1 heterocycles. The number of aromatic nitrogens is 1.